The molecule has 0 radical (unpaired) electrons. The van der Waals surface area contributed by atoms with Crippen LogP contribution in [0.15, 0.2) is 17.7 Å². The lowest BCUT2D eigenvalue weighted by Gasteiger charge is -2.02. The van der Waals surface area contributed by atoms with Gasteiger partial charge in [-0.1, -0.05) is 0 Å². The Balaban J connectivity index is 3.30. The summed E-state index contributed by atoms with van der Waals surface area (Å²) in [5.41, 5.74) is -1.11. The Labute approximate surface area is 113 Å². The summed E-state index contributed by atoms with van der Waals surface area (Å²) >= 11 is 0. The molecule has 0 amide bonds. The summed E-state index contributed by atoms with van der Waals surface area (Å²) in [6.45, 7) is 1.63. The number of nitro benzene ring substituents is 1. The zero-order chi connectivity index (χ0) is 15.3. The van der Waals surface area contributed by atoms with Crippen molar-refractivity contribution >= 4 is 17.7 Å². The van der Waals surface area contributed by atoms with E-state index in [4.69, 9.17) is 5.26 Å². The molecule has 2 N–H and O–H groups in total. The minimum atomic E-state index is -0.900. The topological polar surface area (TPSA) is 134 Å². The molecule has 0 aliphatic carbocycles. The molecule has 0 unspecified atom stereocenters. The van der Waals surface area contributed by atoms with Crippen LogP contribution in [0.2, 0.25) is 0 Å². The van der Waals surface area contributed by atoms with Gasteiger partial charge >= 0.3 is 11.7 Å². The van der Waals surface area contributed by atoms with Gasteiger partial charge in [-0.05, 0) is 24.6 Å². The van der Waals surface area contributed by atoms with E-state index in [0.29, 0.717) is 0 Å². The van der Waals surface area contributed by atoms with Gasteiger partial charge in [0, 0.05) is 6.07 Å². The van der Waals surface area contributed by atoms with Crippen molar-refractivity contribution in [2.45, 2.75) is 6.92 Å². The molecule has 0 saturated heterocycles. The number of nitriles is 1. The highest BCUT2D eigenvalue weighted by atomic mass is 16.6. The molecule has 0 heterocycles. The largest absolute Gasteiger partial charge is 0.504 e. The van der Waals surface area contributed by atoms with E-state index in [9.17, 15) is 25.1 Å². The second-order valence-electron chi connectivity index (χ2n) is 3.56. The number of rotatable bonds is 4. The first kappa shape index (κ1) is 15.0. The standard InChI is InChI=1S/C12H10N2O6/c1-2-20-12(17)8(6-13)3-7-4-9(14(18)19)11(16)10(15)5-7/h3-5,15-16H,2H2,1H3/b8-3+. The number of nitrogens with zero attached hydrogens (tertiary/aromatic N) is 2. The Morgan fingerprint density at radius 1 is 1.55 bits per heavy atom. The van der Waals surface area contributed by atoms with E-state index in [1.807, 2.05) is 0 Å². The van der Waals surface area contributed by atoms with Crippen molar-refractivity contribution in [1.82, 2.24) is 0 Å². The van der Waals surface area contributed by atoms with Crippen molar-refractivity contribution in [1.29, 1.82) is 5.26 Å². The summed E-state index contributed by atoms with van der Waals surface area (Å²) in [4.78, 5) is 21.2. The van der Waals surface area contributed by atoms with Crippen LogP contribution < -0.4 is 0 Å². The Morgan fingerprint density at radius 3 is 2.70 bits per heavy atom. The number of phenolic OH excluding ortho intramolecular Hbond substituents is 2. The summed E-state index contributed by atoms with van der Waals surface area (Å²) in [5, 5.41) is 38.2. The van der Waals surface area contributed by atoms with Crippen molar-refractivity contribution in [3.63, 3.8) is 0 Å². The summed E-state index contributed by atoms with van der Waals surface area (Å²) in [7, 11) is 0. The second kappa shape index (κ2) is 6.19. The van der Waals surface area contributed by atoms with E-state index >= 15 is 0 Å². The van der Waals surface area contributed by atoms with Crippen LogP contribution in [-0.2, 0) is 9.53 Å². The number of hydrogen-bond donors (Lipinski definition) is 2. The quantitative estimate of drug-likeness (QED) is 0.213. The van der Waals surface area contributed by atoms with Gasteiger partial charge in [0.05, 0.1) is 11.5 Å². The number of benzene rings is 1. The third-order valence-electron chi connectivity index (χ3n) is 2.22. The fraction of sp³-hybridized carbons (Fsp3) is 0.167. The number of esters is 1. The van der Waals surface area contributed by atoms with E-state index in [1.165, 1.54) is 0 Å². The summed E-state index contributed by atoms with van der Waals surface area (Å²) in [6, 6.07) is 3.50. The van der Waals surface area contributed by atoms with Crippen LogP contribution in [0.1, 0.15) is 12.5 Å². The SMILES string of the molecule is CCOC(=O)/C(C#N)=C/c1cc(O)c(O)c([N+](=O)[O-])c1. The summed E-state index contributed by atoms with van der Waals surface area (Å²) < 4.78 is 4.62. The number of hydrogen-bond acceptors (Lipinski definition) is 7. The molecule has 0 aromatic heterocycles. The first-order valence-electron chi connectivity index (χ1n) is 5.40. The molecular weight excluding hydrogens is 268 g/mol. The molecule has 0 fully saturated rings. The van der Waals surface area contributed by atoms with E-state index in [0.717, 1.165) is 18.2 Å². The van der Waals surface area contributed by atoms with E-state index in [2.05, 4.69) is 4.74 Å². The van der Waals surface area contributed by atoms with Crippen molar-refractivity contribution in [2.24, 2.45) is 0 Å². The highest BCUT2D eigenvalue weighted by molar-refractivity contribution is 5.98. The first-order valence-corrected chi connectivity index (χ1v) is 5.40. The monoisotopic (exact) mass is 278 g/mol. The summed E-state index contributed by atoms with van der Waals surface area (Å²) in [5.74, 6) is -2.50. The van der Waals surface area contributed by atoms with Crippen molar-refractivity contribution in [3.8, 4) is 17.6 Å². The molecule has 20 heavy (non-hydrogen) atoms. The molecule has 0 aliphatic heterocycles. The predicted octanol–water partition coefficient (Wildman–Crippen LogP) is 1.48. The number of carbonyl (C=O) groups is 1. The third-order valence-corrected chi connectivity index (χ3v) is 2.22. The fourth-order valence-electron chi connectivity index (χ4n) is 1.36. The average molecular weight is 278 g/mol. The van der Waals surface area contributed by atoms with E-state index < -0.39 is 28.1 Å². The van der Waals surface area contributed by atoms with Crippen LogP contribution in [0.25, 0.3) is 6.08 Å². The maximum Gasteiger partial charge on any atom is 0.348 e. The Bertz CT molecular complexity index is 630. The average Bonchev–Trinajstić information content (AvgIpc) is 2.39. The Hall–Kier alpha value is -3.08. The van der Waals surface area contributed by atoms with E-state index in [-0.39, 0.29) is 17.7 Å². The molecule has 8 heteroatoms. The molecule has 1 aromatic rings. The molecule has 0 bridgehead atoms. The molecule has 104 valence electrons. The Morgan fingerprint density at radius 2 is 2.20 bits per heavy atom. The van der Waals surface area contributed by atoms with Gasteiger partial charge in [0.25, 0.3) is 0 Å². The molecular formula is C12H10N2O6. The van der Waals surface area contributed by atoms with Crippen LogP contribution in [0.3, 0.4) is 0 Å². The maximum atomic E-state index is 11.4. The lowest BCUT2D eigenvalue weighted by Crippen LogP contribution is -2.06. The number of ether oxygens (including phenoxy) is 1. The van der Waals surface area contributed by atoms with Gasteiger partial charge in [-0.25, -0.2) is 4.79 Å². The molecule has 0 atom stereocenters. The minimum Gasteiger partial charge on any atom is -0.504 e. The van der Waals surface area contributed by atoms with Gasteiger partial charge in [0.2, 0.25) is 5.75 Å². The van der Waals surface area contributed by atoms with Crippen molar-refractivity contribution in [2.75, 3.05) is 6.61 Å². The first-order chi connectivity index (χ1) is 9.40. The van der Waals surface area contributed by atoms with Gasteiger partial charge in [0.1, 0.15) is 11.6 Å². The fourth-order valence-corrected chi connectivity index (χ4v) is 1.36. The minimum absolute atomic E-state index is 0.0107. The van der Waals surface area contributed by atoms with Crippen LogP contribution in [0, 0.1) is 21.4 Å². The number of carbonyl (C=O) groups excluding carboxylic acids is 1. The summed E-state index contributed by atoms with van der Waals surface area (Å²) in [6.07, 6.45) is 1.02. The number of nitro groups is 1. The molecule has 1 aromatic carbocycles. The van der Waals surface area contributed by atoms with Crippen LogP contribution >= 0.6 is 0 Å². The highest BCUT2D eigenvalue weighted by Crippen LogP contribution is 2.36. The van der Waals surface area contributed by atoms with Crippen molar-refractivity contribution in [3.05, 3.63) is 33.4 Å². The normalized spacial score (nSPS) is 10.7. The molecule has 0 spiro atoms. The molecule has 8 nitrogen and oxygen atoms in total. The van der Waals surface area contributed by atoms with Crippen LogP contribution in [-0.4, -0.2) is 27.7 Å². The number of aromatic hydroxyl groups is 2. The molecule has 0 saturated carbocycles. The third kappa shape index (κ3) is 3.23. The lowest BCUT2D eigenvalue weighted by atomic mass is 10.1. The Kier molecular flexibility index (Phi) is 4.64. The lowest BCUT2D eigenvalue weighted by molar-refractivity contribution is -0.386. The predicted molar refractivity (Wildman–Crippen MR) is 66.6 cm³/mol. The molecule has 1 rings (SSSR count). The van der Waals surface area contributed by atoms with Gasteiger partial charge < -0.3 is 14.9 Å². The van der Waals surface area contributed by atoms with Gasteiger partial charge in [-0.2, -0.15) is 5.26 Å². The maximum absolute atomic E-state index is 11.4. The molecule has 0 aliphatic rings. The highest BCUT2D eigenvalue weighted by Gasteiger charge is 2.19. The van der Waals surface area contributed by atoms with Crippen LogP contribution in [0.5, 0.6) is 11.5 Å². The zero-order valence-electron chi connectivity index (χ0n) is 10.4. The van der Waals surface area contributed by atoms with Crippen molar-refractivity contribution < 1.29 is 24.7 Å². The van der Waals surface area contributed by atoms with Gasteiger partial charge in [-0.3, -0.25) is 10.1 Å². The van der Waals surface area contributed by atoms with Gasteiger partial charge in [0.15, 0.2) is 5.75 Å². The second-order valence-corrected chi connectivity index (χ2v) is 3.56. The smallest absolute Gasteiger partial charge is 0.348 e. The number of phenols is 2. The van der Waals surface area contributed by atoms with Crippen LogP contribution in [0.4, 0.5) is 5.69 Å². The van der Waals surface area contributed by atoms with E-state index in [1.54, 1.807) is 13.0 Å². The van der Waals surface area contributed by atoms with Gasteiger partial charge in [-0.15, -0.1) is 0 Å². The zero-order valence-corrected chi connectivity index (χ0v) is 10.4.